The summed E-state index contributed by atoms with van der Waals surface area (Å²) >= 11 is 0. The van der Waals surface area contributed by atoms with Crippen molar-refractivity contribution < 1.29 is 12.8 Å². The second-order valence-corrected chi connectivity index (χ2v) is 6.90. The summed E-state index contributed by atoms with van der Waals surface area (Å²) in [6, 6.07) is 4.69. The van der Waals surface area contributed by atoms with Crippen molar-refractivity contribution in [1.82, 2.24) is 9.62 Å². The topological polar surface area (TPSA) is 49.4 Å². The van der Waals surface area contributed by atoms with Crippen molar-refractivity contribution in [1.29, 1.82) is 0 Å². The van der Waals surface area contributed by atoms with Gasteiger partial charge in [0, 0.05) is 19.6 Å². The number of rotatable bonds is 6. The van der Waals surface area contributed by atoms with Gasteiger partial charge >= 0.3 is 0 Å². The Balaban J connectivity index is 2.17. The first-order chi connectivity index (χ1) is 9.45. The number of hydrogen-bond donors (Lipinski definition) is 1. The Hall–Kier alpha value is -1.42. The van der Waals surface area contributed by atoms with Crippen LogP contribution in [0.5, 0.6) is 0 Å². The molecule has 1 aromatic carbocycles. The summed E-state index contributed by atoms with van der Waals surface area (Å²) < 4.78 is 39.2. The van der Waals surface area contributed by atoms with E-state index in [1.807, 2.05) is 0 Å². The molecule has 2 rings (SSSR count). The highest BCUT2D eigenvalue weighted by atomic mass is 32.2. The molecular formula is C14H17FN2O2S. The quantitative estimate of drug-likeness (QED) is 0.806. The smallest absolute Gasteiger partial charge is 0.246 e. The Morgan fingerprint density at radius 2 is 2.20 bits per heavy atom. The molecule has 0 saturated heterocycles. The van der Waals surface area contributed by atoms with E-state index in [9.17, 15) is 12.8 Å². The molecule has 0 aromatic heterocycles. The second kappa shape index (κ2) is 5.92. The minimum atomic E-state index is -3.87. The van der Waals surface area contributed by atoms with Gasteiger partial charge in [-0.1, -0.05) is 12.0 Å². The number of benzene rings is 1. The van der Waals surface area contributed by atoms with Crippen LogP contribution in [0.25, 0.3) is 0 Å². The maximum absolute atomic E-state index is 14.0. The molecule has 1 N–H and O–H groups in total. The van der Waals surface area contributed by atoms with E-state index in [-0.39, 0.29) is 11.4 Å². The van der Waals surface area contributed by atoms with Gasteiger partial charge < -0.3 is 5.32 Å². The lowest BCUT2D eigenvalue weighted by Crippen LogP contribution is -2.28. The van der Waals surface area contributed by atoms with Gasteiger partial charge in [-0.2, -0.15) is 4.31 Å². The molecule has 1 aliphatic rings. The molecule has 0 aliphatic heterocycles. The minimum Gasteiger partial charge on any atom is -0.310 e. The highest BCUT2D eigenvalue weighted by Gasteiger charge is 2.24. The zero-order valence-corrected chi connectivity index (χ0v) is 12.1. The van der Waals surface area contributed by atoms with Gasteiger partial charge in [0.25, 0.3) is 0 Å². The molecule has 0 bridgehead atoms. The molecule has 0 spiro atoms. The van der Waals surface area contributed by atoms with Crippen molar-refractivity contribution in [2.24, 2.45) is 0 Å². The fourth-order valence-corrected chi connectivity index (χ4v) is 2.92. The van der Waals surface area contributed by atoms with Crippen molar-refractivity contribution >= 4 is 10.0 Å². The fourth-order valence-electron chi connectivity index (χ4n) is 1.79. The second-order valence-electron chi connectivity index (χ2n) is 4.89. The third-order valence-electron chi connectivity index (χ3n) is 3.17. The van der Waals surface area contributed by atoms with Crippen LogP contribution in [0.4, 0.5) is 4.39 Å². The van der Waals surface area contributed by atoms with Crippen molar-refractivity contribution in [3.8, 4) is 12.3 Å². The summed E-state index contributed by atoms with van der Waals surface area (Å²) in [5.41, 5.74) is 0.730. The first kappa shape index (κ1) is 15.0. The predicted molar refractivity (Wildman–Crippen MR) is 74.9 cm³/mol. The highest BCUT2D eigenvalue weighted by Crippen LogP contribution is 2.22. The normalized spacial score (nSPS) is 15.3. The van der Waals surface area contributed by atoms with Crippen LogP contribution in [0.3, 0.4) is 0 Å². The summed E-state index contributed by atoms with van der Waals surface area (Å²) in [7, 11) is -2.54. The van der Waals surface area contributed by atoms with Crippen molar-refractivity contribution in [3.05, 3.63) is 29.6 Å². The third kappa shape index (κ3) is 3.37. The van der Waals surface area contributed by atoms with E-state index in [1.165, 1.54) is 19.2 Å². The van der Waals surface area contributed by atoms with Crippen LogP contribution in [0.2, 0.25) is 0 Å². The molecule has 1 fully saturated rings. The first-order valence-corrected chi connectivity index (χ1v) is 7.81. The molecule has 20 heavy (non-hydrogen) atoms. The maximum atomic E-state index is 14.0. The minimum absolute atomic E-state index is 0.0905. The molecule has 0 atom stereocenters. The highest BCUT2D eigenvalue weighted by molar-refractivity contribution is 7.89. The number of halogens is 1. The molecule has 0 radical (unpaired) electrons. The average Bonchev–Trinajstić information content (AvgIpc) is 3.20. The summed E-state index contributed by atoms with van der Waals surface area (Å²) in [5.74, 6) is 1.48. The predicted octanol–water partition coefficient (Wildman–Crippen LogP) is 1.33. The van der Waals surface area contributed by atoms with Crippen LogP contribution in [0.1, 0.15) is 18.4 Å². The Kier molecular flexibility index (Phi) is 4.43. The molecule has 1 saturated carbocycles. The number of hydrogen-bond acceptors (Lipinski definition) is 3. The summed E-state index contributed by atoms with van der Waals surface area (Å²) in [5, 5.41) is 3.25. The number of sulfonamides is 1. The Morgan fingerprint density at radius 1 is 1.50 bits per heavy atom. The van der Waals surface area contributed by atoms with Gasteiger partial charge in [0.15, 0.2) is 0 Å². The van der Waals surface area contributed by atoms with Crippen LogP contribution >= 0.6 is 0 Å². The summed E-state index contributed by atoms with van der Waals surface area (Å²) in [6.45, 7) is 0.453. The molecule has 4 nitrogen and oxygen atoms in total. The molecule has 0 amide bonds. The standard InChI is InChI=1S/C14H17FN2O2S/c1-3-8-17(2)20(18,19)14-7-4-11(9-13(14)15)10-16-12-5-6-12/h1,4,7,9,12,16H,5-6,8,10H2,2H3. The third-order valence-corrected chi connectivity index (χ3v) is 5.01. The zero-order valence-electron chi connectivity index (χ0n) is 11.3. The lowest BCUT2D eigenvalue weighted by atomic mass is 10.2. The van der Waals surface area contributed by atoms with E-state index in [2.05, 4.69) is 11.2 Å². The van der Waals surface area contributed by atoms with Gasteiger partial charge in [0.05, 0.1) is 6.54 Å². The van der Waals surface area contributed by atoms with E-state index < -0.39 is 15.8 Å². The molecule has 6 heteroatoms. The summed E-state index contributed by atoms with van der Waals surface area (Å²) in [4.78, 5) is -0.342. The molecule has 1 aliphatic carbocycles. The lowest BCUT2D eigenvalue weighted by molar-refractivity contribution is 0.492. The van der Waals surface area contributed by atoms with Crippen LogP contribution < -0.4 is 5.32 Å². The average molecular weight is 296 g/mol. The van der Waals surface area contributed by atoms with Crippen molar-refractivity contribution in [2.45, 2.75) is 30.3 Å². The molecule has 108 valence electrons. The van der Waals surface area contributed by atoms with Gasteiger partial charge in [-0.15, -0.1) is 6.42 Å². The summed E-state index contributed by atoms with van der Waals surface area (Å²) in [6.07, 6.45) is 7.37. The Bertz CT molecular complexity index is 633. The van der Waals surface area contributed by atoms with Crippen LogP contribution in [0, 0.1) is 18.2 Å². The van der Waals surface area contributed by atoms with Crippen LogP contribution in [0.15, 0.2) is 23.1 Å². The number of terminal acetylenes is 1. The maximum Gasteiger partial charge on any atom is 0.246 e. The Morgan fingerprint density at radius 3 is 2.75 bits per heavy atom. The molecule has 0 unspecified atom stereocenters. The van der Waals surface area contributed by atoms with Gasteiger partial charge in [-0.3, -0.25) is 0 Å². The van der Waals surface area contributed by atoms with E-state index in [1.54, 1.807) is 6.07 Å². The fraction of sp³-hybridized carbons (Fsp3) is 0.429. The molecule has 0 heterocycles. The van der Waals surface area contributed by atoms with Crippen LogP contribution in [-0.4, -0.2) is 32.4 Å². The van der Waals surface area contributed by atoms with Crippen molar-refractivity contribution in [2.75, 3.05) is 13.6 Å². The lowest BCUT2D eigenvalue weighted by Gasteiger charge is -2.15. The zero-order chi connectivity index (χ0) is 14.8. The first-order valence-electron chi connectivity index (χ1n) is 6.36. The van der Waals surface area contributed by atoms with Crippen LogP contribution in [-0.2, 0) is 16.6 Å². The van der Waals surface area contributed by atoms with E-state index >= 15 is 0 Å². The van der Waals surface area contributed by atoms with E-state index in [0.29, 0.717) is 12.6 Å². The Labute approximate surface area is 119 Å². The SMILES string of the molecule is C#CCN(C)S(=O)(=O)c1ccc(CNC2CC2)cc1F. The molecule has 1 aromatic rings. The van der Waals surface area contributed by atoms with Gasteiger partial charge in [-0.25, -0.2) is 12.8 Å². The van der Waals surface area contributed by atoms with E-state index in [4.69, 9.17) is 6.42 Å². The molecular weight excluding hydrogens is 279 g/mol. The number of nitrogens with zero attached hydrogens (tertiary/aromatic N) is 1. The number of nitrogens with one attached hydrogen (secondary N) is 1. The van der Waals surface area contributed by atoms with Crippen molar-refractivity contribution in [3.63, 3.8) is 0 Å². The van der Waals surface area contributed by atoms with Gasteiger partial charge in [0.2, 0.25) is 10.0 Å². The van der Waals surface area contributed by atoms with Gasteiger partial charge in [0.1, 0.15) is 10.7 Å². The largest absolute Gasteiger partial charge is 0.310 e. The monoisotopic (exact) mass is 296 g/mol. The van der Waals surface area contributed by atoms with E-state index in [0.717, 1.165) is 22.7 Å². The van der Waals surface area contributed by atoms with Gasteiger partial charge in [-0.05, 0) is 30.5 Å².